The minimum absolute atomic E-state index is 0.203. The third-order valence-corrected chi connectivity index (χ3v) is 7.57. The van der Waals surface area contributed by atoms with Gasteiger partial charge in [-0.15, -0.1) is 0 Å². The third kappa shape index (κ3) is 3.66. The Labute approximate surface area is 222 Å². The van der Waals surface area contributed by atoms with Gasteiger partial charge < -0.3 is 4.57 Å². The van der Waals surface area contributed by atoms with Crippen molar-refractivity contribution in [1.29, 1.82) is 0 Å². The van der Waals surface area contributed by atoms with Crippen molar-refractivity contribution in [2.45, 2.75) is 33.6 Å². The minimum atomic E-state index is -0.208. The number of para-hydroxylation sites is 1. The fourth-order valence-electron chi connectivity index (χ4n) is 5.46. The molecule has 0 saturated heterocycles. The first-order valence-corrected chi connectivity index (χ1v) is 13.1. The van der Waals surface area contributed by atoms with Crippen LogP contribution in [0.3, 0.4) is 0 Å². The minimum Gasteiger partial charge on any atom is -0.326 e. The van der Waals surface area contributed by atoms with Gasteiger partial charge in [-0.05, 0) is 67.3 Å². The van der Waals surface area contributed by atoms with Crippen LogP contribution in [0.15, 0.2) is 78.4 Å². The molecular weight excluding hydrogens is 470 g/mol. The van der Waals surface area contributed by atoms with E-state index in [1.807, 2.05) is 60.1 Å². The topological polar surface area (TPSA) is 56.9 Å². The fraction of sp³-hybridized carbons (Fsp3) is 0.182. The molecule has 0 spiro atoms. The van der Waals surface area contributed by atoms with E-state index in [0.29, 0.717) is 11.1 Å². The van der Waals surface area contributed by atoms with E-state index in [-0.39, 0.29) is 17.1 Å². The summed E-state index contributed by atoms with van der Waals surface area (Å²) in [6, 6.07) is 24.1. The number of rotatable bonds is 5. The molecule has 1 aliphatic carbocycles. The monoisotopic (exact) mass is 499 g/mol. The summed E-state index contributed by atoms with van der Waals surface area (Å²) in [4.78, 5) is 32.0. The molecule has 188 valence electrons. The molecule has 0 bridgehead atoms. The van der Waals surface area contributed by atoms with Crippen LogP contribution in [0.2, 0.25) is 0 Å². The van der Waals surface area contributed by atoms with Crippen LogP contribution in [0, 0.1) is 6.92 Å². The summed E-state index contributed by atoms with van der Waals surface area (Å²) in [7, 11) is 2.00. The molecule has 0 unspecified atom stereocenters. The first kappa shape index (κ1) is 23.9. The van der Waals surface area contributed by atoms with Crippen molar-refractivity contribution in [3.05, 3.63) is 112 Å². The van der Waals surface area contributed by atoms with Gasteiger partial charge in [0, 0.05) is 29.4 Å². The largest absolute Gasteiger partial charge is 0.326 e. The number of aryl methyl sites for hydroxylation is 4. The van der Waals surface area contributed by atoms with Crippen molar-refractivity contribution in [3.8, 4) is 17.1 Å². The molecule has 0 atom stereocenters. The lowest BCUT2D eigenvalue weighted by Crippen LogP contribution is -2.03. The second-order valence-corrected chi connectivity index (χ2v) is 9.90. The number of imidazole rings is 1. The zero-order chi connectivity index (χ0) is 26.6. The molecule has 38 heavy (non-hydrogen) atoms. The fourth-order valence-corrected chi connectivity index (χ4v) is 5.46. The number of allylic oxidation sites excluding steroid dienone is 1. The van der Waals surface area contributed by atoms with Gasteiger partial charge in [0.25, 0.3) is 0 Å². The van der Waals surface area contributed by atoms with Gasteiger partial charge in [-0.25, -0.2) is 4.98 Å². The molecule has 0 fully saturated rings. The van der Waals surface area contributed by atoms with Crippen molar-refractivity contribution in [3.63, 3.8) is 0 Å². The van der Waals surface area contributed by atoms with Crippen LogP contribution < -0.4 is 0 Å². The van der Waals surface area contributed by atoms with E-state index in [4.69, 9.17) is 4.98 Å². The smallest absolute Gasteiger partial charge is 0.197 e. The van der Waals surface area contributed by atoms with E-state index in [9.17, 15) is 9.59 Å². The Kier molecular flexibility index (Phi) is 5.72. The Morgan fingerprint density at radius 3 is 2.00 bits per heavy atom. The van der Waals surface area contributed by atoms with Crippen molar-refractivity contribution < 1.29 is 9.59 Å². The summed E-state index contributed by atoms with van der Waals surface area (Å²) >= 11 is 0. The normalized spacial score (nSPS) is 13.0. The van der Waals surface area contributed by atoms with E-state index >= 15 is 0 Å². The van der Waals surface area contributed by atoms with E-state index in [1.165, 1.54) is 5.56 Å². The lowest BCUT2D eigenvalue weighted by molar-refractivity contribution is 0.0990. The van der Waals surface area contributed by atoms with E-state index in [0.717, 1.165) is 57.9 Å². The molecular formula is C33H29N3O2. The molecule has 0 radical (unpaired) electrons. The standard InChI is InChI=1S/C33H29N3O2/c1-5-21-16-26-27(17-22(21)6-2)31(38)28(30(26)37)18-25-19-29-33(36(25)24-10-8-7-9-11-24)34-32(35(29)4)23-14-12-20(3)13-15-23/h7-19H,5-6H2,1-4H3. The summed E-state index contributed by atoms with van der Waals surface area (Å²) in [6.45, 7) is 6.22. The van der Waals surface area contributed by atoms with Crippen LogP contribution in [0.25, 0.3) is 34.3 Å². The zero-order valence-electron chi connectivity index (χ0n) is 22.1. The Balaban J connectivity index is 1.54. The predicted octanol–water partition coefficient (Wildman–Crippen LogP) is 6.93. The Morgan fingerprint density at radius 1 is 0.816 bits per heavy atom. The number of hydrogen-bond donors (Lipinski definition) is 0. The van der Waals surface area contributed by atoms with Gasteiger partial charge in [-0.2, -0.15) is 0 Å². The first-order chi connectivity index (χ1) is 18.4. The summed E-state index contributed by atoms with van der Waals surface area (Å²) in [5.41, 5.74) is 9.06. The van der Waals surface area contributed by atoms with Crippen molar-refractivity contribution in [2.24, 2.45) is 7.05 Å². The van der Waals surface area contributed by atoms with Crippen LogP contribution in [0.4, 0.5) is 0 Å². The second kappa shape index (κ2) is 9.10. The van der Waals surface area contributed by atoms with Gasteiger partial charge in [0.1, 0.15) is 5.82 Å². The first-order valence-electron chi connectivity index (χ1n) is 13.1. The SMILES string of the molecule is CCc1cc2c(cc1CC)C(=O)C(=Cc1cc3c(nc(-c4ccc(C)cc4)n3C)n1-c1ccccc1)C2=O. The van der Waals surface area contributed by atoms with Gasteiger partial charge >= 0.3 is 0 Å². The number of carbonyl (C=O) groups excluding carboxylic acids is 2. The third-order valence-electron chi connectivity index (χ3n) is 7.57. The quantitative estimate of drug-likeness (QED) is 0.195. The lowest BCUT2D eigenvalue weighted by Gasteiger charge is -2.08. The second-order valence-electron chi connectivity index (χ2n) is 9.90. The van der Waals surface area contributed by atoms with Crippen molar-refractivity contribution >= 4 is 28.8 Å². The van der Waals surface area contributed by atoms with Gasteiger partial charge in [0.2, 0.25) is 0 Å². The summed E-state index contributed by atoms with van der Waals surface area (Å²) in [5.74, 6) is 0.444. The van der Waals surface area contributed by atoms with Crippen LogP contribution in [-0.4, -0.2) is 25.7 Å². The van der Waals surface area contributed by atoms with Crippen LogP contribution in [0.5, 0.6) is 0 Å². The zero-order valence-corrected chi connectivity index (χ0v) is 22.1. The molecule has 0 N–H and O–H groups in total. The molecule has 6 rings (SSSR count). The average molecular weight is 500 g/mol. The van der Waals surface area contributed by atoms with Crippen molar-refractivity contribution in [2.75, 3.05) is 0 Å². The summed E-state index contributed by atoms with van der Waals surface area (Å²) < 4.78 is 4.09. The molecule has 2 heterocycles. The molecule has 5 aromatic rings. The summed E-state index contributed by atoms with van der Waals surface area (Å²) in [5, 5.41) is 0. The van der Waals surface area contributed by atoms with E-state index in [2.05, 4.69) is 49.6 Å². The number of carbonyl (C=O) groups is 2. The highest BCUT2D eigenvalue weighted by atomic mass is 16.2. The Morgan fingerprint density at radius 2 is 1.42 bits per heavy atom. The Bertz CT molecular complexity index is 1720. The highest BCUT2D eigenvalue weighted by Gasteiger charge is 2.34. The molecule has 0 amide bonds. The van der Waals surface area contributed by atoms with Gasteiger partial charge in [0.15, 0.2) is 17.2 Å². The number of ketones is 2. The molecule has 0 aliphatic heterocycles. The van der Waals surface area contributed by atoms with Gasteiger partial charge in [0.05, 0.1) is 16.8 Å². The van der Waals surface area contributed by atoms with Crippen LogP contribution in [0.1, 0.15) is 56.9 Å². The maximum atomic E-state index is 13.5. The molecule has 0 saturated carbocycles. The molecule has 1 aliphatic rings. The van der Waals surface area contributed by atoms with Crippen LogP contribution in [-0.2, 0) is 19.9 Å². The maximum absolute atomic E-state index is 13.5. The van der Waals surface area contributed by atoms with E-state index in [1.54, 1.807) is 6.08 Å². The Hall–Kier alpha value is -4.51. The van der Waals surface area contributed by atoms with Gasteiger partial charge in [-0.1, -0.05) is 61.9 Å². The van der Waals surface area contributed by atoms with Crippen molar-refractivity contribution in [1.82, 2.24) is 14.1 Å². The number of fused-ring (bicyclic) bond motifs is 2. The predicted molar refractivity (Wildman–Crippen MR) is 152 cm³/mol. The van der Waals surface area contributed by atoms with Crippen LogP contribution >= 0.6 is 0 Å². The molecule has 3 aromatic carbocycles. The summed E-state index contributed by atoms with van der Waals surface area (Å²) in [6.07, 6.45) is 3.39. The highest BCUT2D eigenvalue weighted by Crippen LogP contribution is 2.34. The number of nitrogens with zero attached hydrogens (tertiary/aromatic N) is 3. The number of aromatic nitrogens is 3. The highest BCUT2D eigenvalue weighted by molar-refractivity contribution is 6.41. The number of hydrogen-bond acceptors (Lipinski definition) is 3. The maximum Gasteiger partial charge on any atom is 0.197 e. The average Bonchev–Trinajstić information content (AvgIpc) is 3.53. The molecule has 2 aromatic heterocycles. The molecule has 5 nitrogen and oxygen atoms in total. The van der Waals surface area contributed by atoms with Gasteiger partial charge in [-0.3, -0.25) is 14.2 Å². The number of Topliss-reactive ketones (excluding diaryl/α,β-unsaturated/α-hetero) is 2. The lowest BCUT2D eigenvalue weighted by atomic mass is 9.96. The number of benzene rings is 3. The molecule has 5 heteroatoms. The van der Waals surface area contributed by atoms with E-state index < -0.39 is 0 Å².